The third-order valence-electron chi connectivity index (χ3n) is 1.85. The van der Waals surface area contributed by atoms with Gasteiger partial charge in [0.1, 0.15) is 0 Å². The van der Waals surface area contributed by atoms with Crippen LogP contribution in [0.4, 0.5) is 0 Å². The molecule has 0 aromatic rings. The van der Waals surface area contributed by atoms with E-state index in [2.05, 4.69) is 28.4 Å². The summed E-state index contributed by atoms with van der Waals surface area (Å²) >= 11 is 4.11. The van der Waals surface area contributed by atoms with E-state index in [1.165, 1.54) is 37.4 Å². The maximum absolute atomic E-state index is 2.54. The molecule has 57 valence electrons. The molecule has 0 aromatic carbocycles. The van der Waals surface area contributed by atoms with Crippen molar-refractivity contribution in [1.29, 1.82) is 0 Å². The van der Waals surface area contributed by atoms with Gasteiger partial charge >= 0.3 is 0 Å². The van der Waals surface area contributed by atoms with Gasteiger partial charge in [0.05, 0.1) is 0 Å². The van der Waals surface area contributed by atoms with Crippen molar-refractivity contribution < 1.29 is 0 Å². The molecule has 3 heteroatoms. The first-order valence-electron chi connectivity index (χ1n) is 3.84. The van der Waals surface area contributed by atoms with E-state index in [0.29, 0.717) is 0 Å². The van der Waals surface area contributed by atoms with Gasteiger partial charge in [-0.15, -0.1) is 23.5 Å². The number of hydrogen-bond acceptors (Lipinski definition) is 3. The molecule has 10 heavy (non-hydrogen) atoms. The average molecular weight is 174 g/mol. The zero-order valence-corrected chi connectivity index (χ0v) is 7.64. The minimum absolute atomic E-state index is 1.31. The standard InChI is InChI=1S/C7H12NS2/c1-3-8-4-2-6-10-7(8)9-5-1/h1-6H2. The fourth-order valence-corrected chi connectivity index (χ4v) is 3.81. The molecule has 0 unspecified atom stereocenters. The summed E-state index contributed by atoms with van der Waals surface area (Å²) in [6.07, 6.45) is 2.77. The Morgan fingerprint density at radius 3 is 2.10 bits per heavy atom. The van der Waals surface area contributed by atoms with E-state index in [1.54, 1.807) is 4.71 Å². The molecule has 0 N–H and O–H groups in total. The molecule has 0 aromatic heterocycles. The Bertz CT molecular complexity index is 92.2. The van der Waals surface area contributed by atoms with Gasteiger partial charge in [-0.1, -0.05) is 0 Å². The Hall–Kier alpha value is 0.660. The molecule has 0 spiro atoms. The van der Waals surface area contributed by atoms with E-state index >= 15 is 0 Å². The Morgan fingerprint density at radius 1 is 1.00 bits per heavy atom. The van der Waals surface area contributed by atoms with E-state index in [-0.39, 0.29) is 0 Å². The highest BCUT2D eigenvalue weighted by atomic mass is 32.2. The summed E-state index contributed by atoms with van der Waals surface area (Å²) in [6, 6.07) is 0. The lowest BCUT2D eigenvalue weighted by Crippen LogP contribution is -2.34. The van der Waals surface area contributed by atoms with Crippen molar-refractivity contribution in [2.45, 2.75) is 12.8 Å². The summed E-state index contributed by atoms with van der Waals surface area (Å²) in [5, 5.41) is 0. The van der Waals surface area contributed by atoms with Gasteiger partial charge in [0.2, 0.25) is 0 Å². The molecule has 0 bridgehead atoms. The zero-order valence-electron chi connectivity index (χ0n) is 6.01. The minimum Gasteiger partial charge on any atom is -0.277 e. The van der Waals surface area contributed by atoms with Crippen molar-refractivity contribution in [3.8, 4) is 0 Å². The van der Waals surface area contributed by atoms with Crippen molar-refractivity contribution >= 4 is 23.5 Å². The van der Waals surface area contributed by atoms with Crippen LogP contribution >= 0.6 is 23.5 Å². The quantitative estimate of drug-likeness (QED) is 0.553. The van der Waals surface area contributed by atoms with Crippen molar-refractivity contribution in [3.63, 3.8) is 0 Å². The number of rotatable bonds is 0. The maximum Gasteiger partial charge on any atom is 0.152 e. The maximum atomic E-state index is 2.54. The van der Waals surface area contributed by atoms with E-state index in [4.69, 9.17) is 0 Å². The van der Waals surface area contributed by atoms with Gasteiger partial charge in [0.25, 0.3) is 0 Å². The van der Waals surface area contributed by atoms with E-state index in [0.717, 1.165) is 0 Å². The molecule has 0 amide bonds. The number of fused-ring (bicyclic) bond motifs is 1. The van der Waals surface area contributed by atoms with Gasteiger partial charge in [-0.05, 0) is 24.3 Å². The lowest BCUT2D eigenvalue weighted by Gasteiger charge is -2.36. The van der Waals surface area contributed by atoms with Gasteiger partial charge in [-0.2, -0.15) is 0 Å². The molecule has 1 nitrogen and oxygen atoms in total. The van der Waals surface area contributed by atoms with E-state index in [9.17, 15) is 0 Å². The molecular weight excluding hydrogens is 162 g/mol. The second-order valence-corrected chi connectivity index (χ2v) is 5.08. The third kappa shape index (κ3) is 1.46. The summed E-state index contributed by atoms with van der Waals surface area (Å²) in [4.78, 5) is 2.54. The van der Waals surface area contributed by atoms with Crippen LogP contribution in [0.25, 0.3) is 0 Å². The van der Waals surface area contributed by atoms with Crippen molar-refractivity contribution in [2.24, 2.45) is 0 Å². The van der Waals surface area contributed by atoms with Crippen molar-refractivity contribution in [1.82, 2.24) is 4.90 Å². The van der Waals surface area contributed by atoms with Crippen LogP contribution in [-0.4, -0.2) is 29.5 Å². The summed E-state index contributed by atoms with van der Waals surface area (Å²) in [7, 11) is 0. The lowest BCUT2D eigenvalue weighted by molar-refractivity contribution is 0.338. The average Bonchev–Trinajstić information content (AvgIpc) is 2.05. The SMILES string of the molecule is C1CS[C]2SCCCN2C1. The predicted octanol–water partition coefficient (Wildman–Crippen LogP) is 2.01. The Balaban J connectivity index is 1.93. The van der Waals surface area contributed by atoms with Crippen LogP contribution in [0.1, 0.15) is 12.8 Å². The van der Waals surface area contributed by atoms with Gasteiger partial charge in [-0.25, -0.2) is 0 Å². The minimum atomic E-state index is 1.31. The fraction of sp³-hybridized carbons (Fsp3) is 0.857. The van der Waals surface area contributed by atoms with Crippen LogP contribution < -0.4 is 0 Å². The number of thioether (sulfide) groups is 2. The molecule has 2 aliphatic rings. The zero-order chi connectivity index (χ0) is 6.81. The van der Waals surface area contributed by atoms with Crippen LogP contribution in [0.5, 0.6) is 0 Å². The Morgan fingerprint density at radius 2 is 1.60 bits per heavy atom. The van der Waals surface area contributed by atoms with E-state index < -0.39 is 0 Å². The highest BCUT2D eigenvalue weighted by Gasteiger charge is 2.26. The van der Waals surface area contributed by atoms with Crippen LogP contribution in [0, 0.1) is 4.71 Å². The normalized spacial score (nSPS) is 30.0. The van der Waals surface area contributed by atoms with Crippen molar-refractivity contribution in [3.05, 3.63) is 4.71 Å². The van der Waals surface area contributed by atoms with Crippen LogP contribution in [0.3, 0.4) is 0 Å². The van der Waals surface area contributed by atoms with Gasteiger partial charge < -0.3 is 0 Å². The van der Waals surface area contributed by atoms with Crippen LogP contribution in [0.15, 0.2) is 0 Å². The van der Waals surface area contributed by atoms with E-state index in [1.807, 2.05) is 0 Å². The Labute approximate surface area is 70.9 Å². The molecule has 0 saturated carbocycles. The summed E-state index contributed by atoms with van der Waals surface area (Å²) < 4.78 is 1.59. The summed E-state index contributed by atoms with van der Waals surface area (Å²) in [6.45, 7) is 2.63. The first-order valence-corrected chi connectivity index (χ1v) is 5.81. The molecule has 2 fully saturated rings. The van der Waals surface area contributed by atoms with Gasteiger partial charge in [0.15, 0.2) is 4.71 Å². The molecule has 0 atom stereocenters. The first-order chi connectivity index (χ1) is 4.97. The van der Waals surface area contributed by atoms with Gasteiger partial charge in [-0.3, -0.25) is 4.90 Å². The molecule has 2 rings (SSSR count). The third-order valence-corrected chi connectivity index (χ3v) is 4.56. The topological polar surface area (TPSA) is 3.24 Å². The van der Waals surface area contributed by atoms with Crippen LogP contribution in [0.2, 0.25) is 0 Å². The lowest BCUT2D eigenvalue weighted by atomic mass is 10.4. The smallest absolute Gasteiger partial charge is 0.152 e. The highest BCUT2D eigenvalue weighted by molar-refractivity contribution is 8.20. The number of nitrogens with zero attached hydrogens (tertiary/aromatic N) is 1. The molecule has 0 aliphatic carbocycles. The molecule has 1 radical (unpaired) electrons. The highest BCUT2D eigenvalue weighted by Crippen LogP contribution is 2.41. The second-order valence-electron chi connectivity index (χ2n) is 2.66. The van der Waals surface area contributed by atoms with Crippen LogP contribution in [-0.2, 0) is 0 Å². The molecular formula is C7H12NS2. The second kappa shape index (κ2) is 3.37. The summed E-state index contributed by atoms with van der Waals surface area (Å²) in [5.41, 5.74) is 0. The summed E-state index contributed by atoms with van der Waals surface area (Å²) in [5.74, 6) is 2.69. The predicted molar refractivity (Wildman–Crippen MR) is 49.0 cm³/mol. The first kappa shape index (κ1) is 7.32. The van der Waals surface area contributed by atoms with Gasteiger partial charge in [0, 0.05) is 13.1 Å². The molecule has 2 heterocycles. The fourth-order valence-electron chi connectivity index (χ4n) is 1.35. The largest absolute Gasteiger partial charge is 0.277 e. The molecule has 2 aliphatic heterocycles. The number of hydrogen-bond donors (Lipinski definition) is 0. The molecule has 2 saturated heterocycles. The van der Waals surface area contributed by atoms with Crippen molar-refractivity contribution in [2.75, 3.05) is 24.6 Å². The monoisotopic (exact) mass is 174 g/mol. The Kier molecular flexibility index (Phi) is 2.47.